The Kier molecular flexibility index (Phi) is 6.64. The van der Waals surface area contributed by atoms with Crippen molar-refractivity contribution in [1.29, 1.82) is 0 Å². The summed E-state index contributed by atoms with van der Waals surface area (Å²) in [6.45, 7) is 6.90. The first kappa shape index (κ1) is 18.9. The number of hydrogen-bond donors (Lipinski definition) is 2. The molecule has 1 fully saturated rings. The molecule has 1 saturated heterocycles. The van der Waals surface area contributed by atoms with Crippen LogP contribution in [0, 0.1) is 11.7 Å². The SMILES string of the molecule is CCN1CCC(C(N)c2ccc3c(c2)NCC3)CC1.Fc1ccccc1. The molecule has 3 N–H and O–H groups in total. The van der Waals surface area contributed by atoms with Crippen molar-refractivity contribution in [1.82, 2.24) is 4.90 Å². The summed E-state index contributed by atoms with van der Waals surface area (Å²) < 4.78 is 11.9. The summed E-state index contributed by atoms with van der Waals surface area (Å²) in [6.07, 6.45) is 3.62. The van der Waals surface area contributed by atoms with Crippen molar-refractivity contribution in [2.24, 2.45) is 11.7 Å². The number of halogens is 1. The van der Waals surface area contributed by atoms with Gasteiger partial charge in [-0.2, -0.15) is 0 Å². The second-order valence-electron chi connectivity index (χ2n) is 7.19. The van der Waals surface area contributed by atoms with Gasteiger partial charge in [-0.15, -0.1) is 0 Å². The van der Waals surface area contributed by atoms with E-state index in [0.717, 1.165) is 13.0 Å². The summed E-state index contributed by atoms with van der Waals surface area (Å²) in [5, 5.41) is 3.45. The van der Waals surface area contributed by atoms with Gasteiger partial charge in [-0.25, -0.2) is 4.39 Å². The highest BCUT2D eigenvalue weighted by atomic mass is 19.1. The first-order valence-electron chi connectivity index (χ1n) is 9.72. The van der Waals surface area contributed by atoms with Crippen LogP contribution in [0.1, 0.15) is 36.9 Å². The van der Waals surface area contributed by atoms with Crippen LogP contribution in [-0.4, -0.2) is 31.1 Å². The first-order chi connectivity index (χ1) is 12.7. The van der Waals surface area contributed by atoms with Crippen molar-refractivity contribution in [2.45, 2.75) is 32.2 Å². The molecule has 0 bridgehead atoms. The van der Waals surface area contributed by atoms with E-state index >= 15 is 0 Å². The Morgan fingerprint density at radius 3 is 2.50 bits per heavy atom. The number of piperidine rings is 1. The summed E-state index contributed by atoms with van der Waals surface area (Å²) in [5.41, 5.74) is 10.6. The largest absolute Gasteiger partial charge is 0.384 e. The minimum Gasteiger partial charge on any atom is -0.384 e. The van der Waals surface area contributed by atoms with E-state index in [1.54, 1.807) is 18.2 Å². The van der Waals surface area contributed by atoms with Gasteiger partial charge < -0.3 is 16.0 Å². The number of benzene rings is 2. The zero-order valence-electron chi connectivity index (χ0n) is 15.6. The van der Waals surface area contributed by atoms with Crippen LogP contribution in [0.4, 0.5) is 10.1 Å². The molecule has 2 aromatic rings. The van der Waals surface area contributed by atoms with Crippen LogP contribution >= 0.6 is 0 Å². The molecule has 2 heterocycles. The highest BCUT2D eigenvalue weighted by molar-refractivity contribution is 5.57. The maximum Gasteiger partial charge on any atom is 0.123 e. The average molecular weight is 356 g/mol. The van der Waals surface area contributed by atoms with Crippen LogP contribution in [0.2, 0.25) is 0 Å². The van der Waals surface area contributed by atoms with Crippen molar-refractivity contribution in [3.05, 3.63) is 65.5 Å². The van der Waals surface area contributed by atoms with Gasteiger partial charge in [0.15, 0.2) is 0 Å². The quantitative estimate of drug-likeness (QED) is 0.866. The lowest BCUT2D eigenvalue weighted by Gasteiger charge is -2.34. The molecular formula is C22H30FN3. The molecule has 140 valence electrons. The van der Waals surface area contributed by atoms with Gasteiger partial charge in [0.25, 0.3) is 0 Å². The molecule has 0 aliphatic carbocycles. The van der Waals surface area contributed by atoms with Crippen LogP contribution in [-0.2, 0) is 6.42 Å². The van der Waals surface area contributed by atoms with Gasteiger partial charge in [0.05, 0.1) is 0 Å². The van der Waals surface area contributed by atoms with Crippen LogP contribution in [0.3, 0.4) is 0 Å². The van der Waals surface area contributed by atoms with Crippen LogP contribution in [0.5, 0.6) is 0 Å². The molecule has 0 aromatic heterocycles. The van der Waals surface area contributed by atoms with Crippen LogP contribution in [0.25, 0.3) is 0 Å². The van der Waals surface area contributed by atoms with Crippen molar-refractivity contribution >= 4 is 5.69 Å². The Morgan fingerprint density at radius 1 is 1.15 bits per heavy atom. The Hall–Kier alpha value is -1.91. The summed E-state index contributed by atoms with van der Waals surface area (Å²) in [5.74, 6) is 0.463. The molecule has 4 heteroatoms. The maximum atomic E-state index is 11.9. The molecule has 2 aromatic carbocycles. The predicted octanol–water partition coefficient (Wildman–Crippen LogP) is 4.21. The first-order valence-corrected chi connectivity index (χ1v) is 9.72. The predicted molar refractivity (Wildman–Crippen MR) is 107 cm³/mol. The van der Waals surface area contributed by atoms with E-state index in [1.807, 2.05) is 0 Å². The van der Waals surface area contributed by atoms with Gasteiger partial charge in [-0.3, -0.25) is 0 Å². The Bertz CT molecular complexity index is 681. The van der Waals surface area contributed by atoms with Crippen molar-refractivity contribution in [3.8, 4) is 0 Å². The van der Waals surface area contributed by atoms with Crippen LogP contribution in [0.15, 0.2) is 48.5 Å². The second kappa shape index (κ2) is 9.15. The third kappa shape index (κ3) is 4.83. The molecular weight excluding hydrogens is 325 g/mol. The van der Waals surface area contributed by atoms with Gasteiger partial charge in [0.1, 0.15) is 5.82 Å². The second-order valence-corrected chi connectivity index (χ2v) is 7.19. The lowest BCUT2D eigenvalue weighted by molar-refractivity contribution is 0.176. The molecule has 1 atom stereocenters. The highest BCUT2D eigenvalue weighted by Gasteiger charge is 2.25. The lowest BCUT2D eigenvalue weighted by atomic mass is 9.85. The van der Waals surface area contributed by atoms with Crippen molar-refractivity contribution in [3.63, 3.8) is 0 Å². The molecule has 4 rings (SSSR count). The Morgan fingerprint density at radius 2 is 1.88 bits per heavy atom. The van der Waals surface area contributed by atoms with Crippen molar-refractivity contribution in [2.75, 3.05) is 31.5 Å². The number of likely N-dealkylation sites (tertiary alicyclic amines) is 1. The van der Waals surface area contributed by atoms with Gasteiger partial charge >= 0.3 is 0 Å². The Labute approximate surface area is 156 Å². The third-order valence-corrected chi connectivity index (χ3v) is 5.55. The van der Waals surface area contributed by atoms with Gasteiger partial charge in [0, 0.05) is 18.3 Å². The number of rotatable bonds is 3. The number of anilines is 1. The van der Waals surface area contributed by atoms with E-state index in [2.05, 4.69) is 35.3 Å². The minimum atomic E-state index is -0.178. The molecule has 0 spiro atoms. The zero-order valence-corrected chi connectivity index (χ0v) is 15.6. The Balaban J connectivity index is 0.000000236. The van der Waals surface area contributed by atoms with E-state index in [9.17, 15) is 4.39 Å². The number of nitrogens with zero attached hydrogens (tertiary/aromatic N) is 1. The van der Waals surface area contributed by atoms with Crippen LogP contribution < -0.4 is 11.1 Å². The normalized spacial score (nSPS) is 18.4. The molecule has 2 aliphatic heterocycles. The summed E-state index contributed by atoms with van der Waals surface area (Å²) in [4.78, 5) is 2.52. The molecule has 0 amide bonds. The number of fused-ring (bicyclic) bond motifs is 1. The molecule has 0 radical (unpaired) electrons. The maximum absolute atomic E-state index is 11.9. The fourth-order valence-electron chi connectivity index (χ4n) is 3.83. The summed E-state index contributed by atoms with van der Waals surface area (Å²) in [7, 11) is 0. The smallest absolute Gasteiger partial charge is 0.123 e. The lowest BCUT2D eigenvalue weighted by Crippen LogP contribution is -2.37. The number of hydrogen-bond acceptors (Lipinski definition) is 3. The van der Waals surface area contributed by atoms with Gasteiger partial charge in [0.2, 0.25) is 0 Å². The van der Waals surface area contributed by atoms with E-state index in [-0.39, 0.29) is 11.9 Å². The van der Waals surface area contributed by atoms with E-state index < -0.39 is 0 Å². The number of nitrogens with one attached hydrogen (secondary N) is 1. The monoisotopic (exact) mass is 355 g/mol. The topological polar surface area (TPSA) is 41.3 Å². The van der Waals surface area contributed by atoms with E-state index in [1.165, 1.54) is 61.4 Å². The van der Waals surface area contributed by atoms with E-state index in [4.69, 9.17) is 5.73 Å². The van der Waals surface area contributed by atoms with E-state index in [0.29, 0.717) is 5.92 Å². The minimum absolute atomic E-state index is 0.178. The molecule has 2 aliphatic rings. The molecule has 26 heavy (non-hydrogen) atoms. The molecule has 3 nitrogen and oxygen atoms in total. The number of nitrogens with two attached hydrogens (primary N) is 1. The highest BCUT2D eigenvalue weighted by Crippen LogP contribution is 2.32. The van der Waals surface area contributed by atoms with Gasteiger partial charge in [-0.1, -0.05) is 37.3 Å². The van der Waals surface area contributed by atoms with Gasteiger partial charge in [-0.05, 0) is 74.1 Å². The fraction of sp³-hybridized carbons (Fsp3) is 0.455. The molecule has 1 unspecified atom stereocenters. The summed E-state index contributed by atoms with van der Waals surface area (Å²) in [6, 6.07) is 14.9. The standard InChI is InChI=1S/C16H25N3.C6H5F/c1-2-19-9-6-13(7-10-19)16(17)14-4-3-12-5-8-18-15(12)11-14;7-6-4-2-1-3-5-6/h3-4,11,13,16,18H,2,5-10,17H2,1H3;1-5H. The fourth-order valence-corrected chi connectivity index (χ4v) is 3.83. The van der Waals surface area contributed by atoms with Crippen molar-refractivity contribution < 1.29 is 4.39 Å². The summed E-state index contributed by atoms with van der Waals surface area (Å²) >= 11 is 0. The average Bonchev–Trinajstić information content (AvgIpc) is 3.16. The molecule has 0 saturated carbocycles. The third-order valence-electron chi connectivity index (χ3n) is 5.55. The zero-order chi connectivity index (χ0) is 18.4.